The summed E-state index contributed by atoms with van der Waals surface area (Å²) >= 11 is 6.61. The molecule has 6 aromatic rings. The lowest BCUT2D eigenvalue weighted by atomic mass is 9.95. The van der Waals surface area contributed by atoms with Gasteiger partial charge < -0.3 is 4.74 Å². The second-order valence-electron chi connectivity index (χ2n) is 10.2. The Morgan fingerprint density at radius 1 is 0.935 bits per heavy atom. The highest BCUT2D eigenvalue weighted by Gasteiger charge is 2.30. The molecular weight excluding hydrogens is 632 g/mol. The van der Waals surface area contributed by atoms with Crippen LogP contribution in [0, 0.1) is 6.57 Å². The Labute approximate surface area is 268 Å². The number of nitrogens with zero attached hydrogens (tertiary/aromatic N) is 3. The first-order valence-corrected chi connectivity index (χ1v) is 15.5. The molecule has 11 heteroatoms. The zero-order valence-electron chi connectivity index (χ0n) is 24.0. The molecule has 0 aliphatic heterocycles. The van der Waals surface area contributed by atoms with E-state index in [4.69, 9.17) is 22.9 Å². The number of hydrogen-bond donors (Lipinski definition) is 0. The maximum atomic E-state index is 14.5. The topological polar surface area (TPSA) is 82.6 Å². The number of hydrogen-bond acceptors (Lipinski definition) is 5. The summed E-state index contributed by atoms with van der Waals surface area (Å²) in [6.45, 7) is 7.85. The van der Waals surface area contributed by atoms with Gasteiger partial charge in [0.05, 0.1) is 41.5 Å². The largest absolute Gasteiger partial charge is 0.465 e. The van der Waals surface area contributed by atoms with Crippen LogP contribution >= 0.6 is 11.6 Å². The number of para-hydroxylation sites is 1. The van der Waals surface area contributed by atoms with Crippen molar-refractivity contribution in [3.63, 3.8) is 0 Å². The number of pyridine rings is 1. The lowest BCUT2D eigenvalue weighted by Crippen LogP contribution is -2.14. The molecule has 2 heterocycles. The van der Waals surface area contributed by atoms with Crippen molar-refractivity contribution < 1.29 is 26.7 Å². The van der Waals surface area contributed by atoms with Crippen LogP contribution in [0.1, 0.15) is 22.3 Å². The third-order valence-corrected chi connectivity index (χ3v) is 9.57. The second-order valence-corrected chi connectivity index (χ2v) is 12.3. The van der Waals surface area contributed by atoms with Gasteiger partial charge in [-0.15, -0.1) is 0 Å². The molecular formula is C35H22ClF2N3O4S. The fourth-order valence-corrected chi connectivity index (χ4v) is 7.22. The molecule has 2 aromatic heterocycles. The van der Waals surface area contributed by atoms with Gasteiger partial charge >= 0.3 is 5.97 Å². The number of benzene rings is 4. The molecule has 0 atom stereocenters. The van der Waals surface area contributed by atoms with Crippen LogP contribution in [0.2, 0.25) is 5.02 Å². The van der Waals surface area contributed by atoms with Gasteiger partial charge in [0, 0.05) is 38.9 Å². The summed E-state index contributed by atoms with van der Waals surface area (Å²) in [5.41, 5.74) is 3.36. The molecule has 4 aromatic carbocycles. The Hall–Kier alpha value is -5.37. The number of alkyl halides is 2. The highest BCUT2D eigenvalue weighted by atomic mass is 35.5. The summed E-state index contributed by atoms with van der Waals surface area (Å²) in [5.74, 6) is -0.546. The van der Waals surface area contributed by atoms with Gasteiger partial charge in [0.2, 0.25) is 0 Å². The Bertz CT molecular complexity index is 2300. The third-order valence-electron chi connectivity index (χ3n) is 7.53. The Morgan fingerprint density at radius 3 is 2.37 bits per heavy atom. The van der Waals surface area contributed by atoms with E-state index in [1.54, 1.807) is 66.7 Å². The summed E-state index contributed by atoms with van der Waals surface area (Å²) in [7, 11) is -3.15. The molecule has 0 radical (unpaired) electrons. The summed E-state index contributed by atoms with van der Waals surface area (Å²) in [6, 6.07) is 24.8. The fourth-order valence-electron chi connectivity index (χ4n) is 5.39. The summed E-state index contributed by atoms with van der Waals surface area (Å²) in [5, 5.41) is 0.787. The van der Waals surface area contributed by atoms with E-state index in [9.17, 15) is 22.0 Å². The van der Waals surface area contributed by atoms with Crippen molar-refractivity contribution in [2.24, 2.45) is 0 Å². The van der Waals surface area contributed by atoms with E-state index in [1.165, 1.54) is 25.6 Å². The van der Waals surface area contributed by atoms with Crippen LogP contribution in [-0.4, -0.2) is 30.5 Å². The molecule has 0 spiro atoms. The first kappa shape index (κ1) is 30.6. The third kappa shape index (κ3) is 5.30. The number of ether oxygens (including phenoxy) is 1. The van der Waals surface area contributed by atoms with Crippen LogP contribution in [0.4, 0.5) is 14.5 Å². The van der Waals surface area contributed by atoms with E-state index in [2.05, 4.69) is 9.83 Å². The molecule has 0 N–H and O–H groups in total. The van der Waals surface area contributed by atoms with E-state index in [0.717, 1.165) is 28.2 Å². The number of rotatable bonds is 7. The molecule has 0 saturated heterocycles. The molecule has 0 saturated carbocycles. The highest BCUT2D eigenvalue weighted by molar-refractivity contribution is 7.90. The van der Waals surface area contributed by atoms with E-state index in [0.29, 0.717) is 38.9 Å². The molecule has 46 heavy (non-hydrogen) atoms. The smallest absolute Gasteiger partial charge is 0.337 e. The lowest BCUT2D eigenvalue weighted by molar-refractivity contribution is 0.0600. The van der Waals surface area contributed by atoms with Crippen LogP contribution in [0.15, 0.2) is 114 Å². The average Bonchev–Trinajstić information content (AvgIpc) is 3.44. The minimum absolute atomic E-state index is 0.207. The molecule has 0 fully saturated rings. The van der Waals surface area contributed by atoms with Crippen molar-refractivity contribution >= 4 is 44.2 Å². The highest BCUT2D eigenvalue weighted by Crippen LogP contribution is 2.46. The SMILES string of the molecule is [C-]#[N+]c1ccccc1-c1c(-c2cccc(-c3ccc(C(=O)OC)cc3Cl)c2)n(S(=O)(=O)c2ccc(C(F)F)cc2)c2cnccc12. The zero-order valence-corrected chi connectivity index (χ0v) is 25.6. The zero-order chi connectivity index (χ0) is 32.6. The Morgan fingerprint density at radius 2 is 1.67 bits per heavy atom. The number of fused-ring (bicyclic) bond motifs is 1. The van der Waals surface area contributed by atoms with Crippen molar-refractivity contribution in [3.05, 3.63) is 137 Å². The maximum absolute atomic E-state index is 14.5. The predicted octanol–water partition coefficient (Wildman–Crippen LogP) is 9.20. The molecule has 228 valence electrons. The van der Waals surface area contributed by atoms with Gasteiger partial charge in [0.15, 0.2) is 5.69 Å². The second kappa shape index (κ2) is 12.2. The van der Waals surface area contributed by atoms with Crippen LogP contribution < -0.4 is 0 Å². The van der Waals surface area contributed by atoms with Crippen molar-refractivity contribution in [2.75, 3.05) is 7.11 Å². The molecule has 7 nitrogen and oxygen atoms in total. The quantitative estimate of drug-likeness (QED) is 0.127. The minimum atomic E-state index is -4.42. The number of methoxy groups -OCH3 is 1. The van der Waals surface area contributed by atoms with Gasteiger partial charge in [0.1, 0.15) is 0 Å². The molecule has 0 unspecified atom stereocenters. The van der Waals surface area contributed by atoms with Gasteiger partial charge in [-0.25, -0.2) is 30.8 Å². The number of carbonyl (C=O) groups excluding carboxylic acids is 1. The molecule has 6 rings (SSSR count). The minimum Gasteiger partial charge on any atom is -0.465 e. The van der Waals surface area contributed by atoms with Crippen molar-refractivity contribution in [2.45, 2.75) is 11.3 Å². The lowest BCUT2D eigenvalue weighted by Gasteiger charge is -2.16. The Balaban J connectivity index is 1.68. The van der Waals surface area contributed by atoms with E-state index < -0.39 is 22.4 Å². The van der Waals surface area contributed by atoms with Crippen LogP contribution in [-0.2, 0) is 14.8 Å². The van der Waals surface area contributed by atoms with E-state index in [1.807, 2.05) is 0 Å². The Kier molecular flexibility index (Phi) is 8.13. The van der Waals surface area contributed by atoms with Gasteiger partial charge in [-0.3, -0.25) is 4.98 Å². The van der Waals surface area contributed by atoms with E-state index >= 15 is 0 Å². The summed E-state index contributed by atoms with van der Waals surface area (Å²) in [6.07, 6.45) is 0.181. The maximum Gasteiger partial charge on any atom is 0.337 e. The van der Waals surface area contributed by atoms with Gasteiger partial charge in [0.25, 0.3) is 16.4 Å². The molecule has 0 aliphatic rings. The number of esters is 1. The van der Waals surface area contributed by atoms with Crippen LogP contribution in [0.25, 0.3) is 49.3 Å². The standard InChI is InChI=1S/C35H22ClF2N3O4S/c1-39-30-9-4-3-8-27(30)32-28-16-17-40-20-31(28)41(46(43,44)25-13-10-21(11-14-25)34(37)38)33(32)23-7-5-6-22(18-23)26-15-12-24(19-29(26)36)35(42)45-2/h3-20,34H,2H3. The van der Waals surface area contributed by atoms with Crippen LogP contribution in [0.5, 0.6) is 0 Å². The first-order valence-electron chi connectivity index (χ1n) is 13.7. The van der Waals surface area contributed by atoms with Gasteiger partial charge in [-0.1, -0.05) is 72.3 Å². The normalized spacial score (nSPS) is 11.5. The monoisotopic (exact) mass is 653 g/mol. The molecule has 0 aliphatic carbocycles. The number of carbonyl (C=O) groups is 1. The van der Waals surface area contributed by atoms with Crippen molar-refractivity contribution in [1.29, 1.82) is 0 Å². The summed E-state index contributed by atoms with van der Waals surface area (Å²) < 4.78 is 61.6. The number of aromatic nitrogens is 2. The number of halogens is 3. The van der Waals surface area contributed by atoms with Crippen molar-refractivity contribution in [3.8, 4) is 33.5 Å². The van der Waals surface area contributed by atoms with Crippen LogP contribution in [0.3, 0.4) is 0 Å². The molecule has 0 bridgehead atoms. The van der Waals surface area contributed by atoms with Gasteiger partial charge in [-0.05, 0) is 47.5 Å². The first-order chi connectivity index (χ1) is 22.1. The average molecular weight is 654 g/mol. The summed E-state index contributed by atoms with van der Waals surface area (Å²) in [4.78, 5) is 19.8. The predicted molar refractivity (Wildman–Crippen MR) is 173 cm³/mol. The molecule has 0 amide bonds. The van der Waals surface area contributed by atoms with Crippen molar-refractivity contribution in [1.82, 2.24) is 8.96 Å². The van der Waals surface area contributed by atoms with Gasteiger partial charge in [-0.2, -0.15) is 0 Å². The van der Waals surface area contributed by atoms with E-state index in [-0.39, 0.29) is 32.3 Å². The fraction of sp³-hybridized carbons (Fsp3) is 0.0571.